The number of fused-ring (bicyclic) bond motifs is 1. The van der Waals surface area contributed by atoms with Gasteiger partial charge in [-0.2, -0.15) is 5.10 Å². The molecule has 0 spiro atoms. The number of benzene rings is 1. The Labute approximate surface area is 78.6 Å². The maximum Gasteiger partial charge on any atom is 0.0682 e. The van der Waals surface area contributed by atoms with Crippen LogP contribution in [0.4, 0.5) is 0 Å². The van der Waals surface area contributed by atoms with Crippen molar-refractivity contribution in [2.24, 2.45) is 5.73 Å². The normalized spacial score (nSPS) is 11.9. The molecule has 2 aromatic rings. The van der Waals surface area contributed by atoms with Crippen LogP contribution in [0.25, 0.3) is 10.9 Å². The maximum absolute atomic E-state index is 7.47. The summed E-state index contributed by atoms with van der Waals surface area (Å²) in [6.45, 7) is 1.52. The minimum absolute atomic E-state index is 0.524. The van der Waals surface area contributed by atoms with Crippen LogP contribution in [-0.2, 0) is 6.54 Å². The van der Waals surface area contributed by atoms with Gasteiger partial charge in [0.1, 0.15) is 0 Å². The van der Waals surface area contributed by atoms with Crippen LogP contribution in [0.5, 0.6) is 0 Å². The van der Waals surface area contributed by atoms with Gasteiger partial charge in [-0.25, -0.2) is 0 Å². The molecular weight excluding hydrogens is 162 g/mol. The summed E-state index contributed by atoms with van der Waals surface area (Å²) in [6, 6.07) is 6.06. The van der Waals surface area contributed by atoms with Gasteiger partial charge in [-0.1, -0.05) is 18.2 Å². The lowest BCUT2D eigenvalue weighted by Gasteiger charge is -2.00. The Balaban J connectivity index is 2.37. The second-order valence-electron chi connectivity index (χ2n) is 2.99. The number of rotatable bonds is 3. The largest absolute Gasteiger partial charge is 0.330 e. The van der Waals surface area contributed by atoms with Crippen LogP contribution in [0.2, 0.25) is 0 Å². The number of hydrogen-bond donors (Lipinski definition) is 1. The Bertz CT molecular complexity index is 436. The van der Waals surface area contributed by atoms with Crippen LogP contribution in [0.3, 0.4) is 0 Å². The SMILES string of the molecule is [2H]c1ccc2c(cnn2CCCN)c1. The topological polar surface area (TPSA) is 43.8 Å². The van der Waals surface area contributed by atoms with E-state index in [1.165, 1.54) is 0 Å². The van der Waals surface area contributed by atoms with Gasteiger partial charge < -0.3 is 5.73 Å². The Morgan fingerprint density at radius 3 is 3.31 bits per heavy atom. The van der Waals surface area contributed by atoms with Gasteiger partial charge in [-0.3, -0.25) is 4.68 Å². The van der Waals surface area contributed by atoms with Crippen LogP contribution < -0.4 is 5.73 Å². The molecule has 0 aliphatic heterocycles. The van der Waals surface area contributed by atoms with E-state index in [4.69, 9.17) is 7.10 Å². The lowest BCUT2D eigenvalue weighted by Crippen LogP contribution is -2.06. The average molecular weight is 176 g/mol. The first-order valence-electron chi connectivity index (χ1n) is 4.93. The van der Waals surface area contributed by atoms with E-state index in [1.54, 1.807) is 12.3 Å². The molecule has 0 amide bonds. The summed E-state index contributed by atoms with van der Waals surface area (Å²) < 4.78 is 9.40. The van der Waals surface area contributed by atoms with Crippen molar-refractivity contribution in [3.63, 3.8) is 0 Å². The van der Waals surface area contributed by atoms with E-state index in [0.717, 1.165) is 23.9 Å². The number of aryl methyl sites for hydroxylation is 1. The molecule has 0 saturated heterocycles. The third-order valence-corrected chi connectivity index (χ3v) is 2.06. The van der Waals surface area contributed by atoms with Crippen molar-refractivity contribution in [2.45, 2.75) is 13.0 Å². The van der Waals surface area contributed by atoms with E-state index in [-0.39, 0.29) is 0 Å². The summed E-state index contributed by atoms with van der Waals surface area (Å²) in [4.78, 5) is 0. The fourth-order valence-corrected chi connectivity index (χ4v) is 1.39. The fraction of sp³-hybridized carbons (Fsp3) is 0.300. The van der Waals surface area contributed by atoms with Crippen molar-refractivity contribution >= 4 is 10.9 Å². The van der Waals surface area contributed by atoms with Crippen molar-refractivity contribution < 1.29 is 1.37 Å². The summed E-state index contributed by atoms with van der Waals surface area (Å²) >= 11 is 0. The molecule has 0 aliphatic rings. The highest BCUT2D eigenvalue weighted by atomic mass is 15.3. The lowest BCUT2D eigenvalue weighted by atomic mass is 10.2. The summed E-state index contributed by atoms with van der Waals surface area (Å²) in [5.74, 6) is 0. The molecule has 13 heavy (non-hydrogen) atoms. The molecule has 1 aromatic heterocycles. The van der Waals surface area contributed by atoms with Crippen molar-refractivity contribution in [3.8, 4) is 0 Å². The molecule has 1 aromatic carbocycles. The molecule has 0 unspecified atom stereocenters. The number of nitrogens with zero attached hydrogens (tertiary/aromatic N) is 2. The average Bonchev–Trinajstić information content (AvgIpc) is 2.57. The number of para-hydroxylation sites is 1. The van der Waals surface area contributed by atoms with Crippen LogP contribution in [0, 0.1) is 0 Å². The van der Waals surface area contributed by atoms with Crippen molar-refractivity contribution in [3.05, 3.63) is 30.4 Å². The lowest BCUT2D eigenvalue weighted by molar-refractivity contribution is 0.602. The molecule has 0 radical (unpaired) electrons. The Hall–Kier alpha value is -1.35. The fourth-order valence-electron chi connectivity index (χ4n) is 1.39. The third kappa shape index (κ3) is 1.55. The molecule has 0 fully saturated rings. The number of aromatic nitrogens is 2. The predicted octanol–water partition coefficient (Wildman–Crippen LogP) is 1.39. The van der Waals surface area contributed by atoms with Crippen LogP contribution in [0.15, 0.2) is 30.4 Å². The minimum atomic E-state index is 0.524. The molecule has 3 heteroatoms. The monoisotopic (exact) mass is 176 g/mol. The van der Waals surface area contributed by atoms with Crippen molar-refractivity contribution in [2.75, 3.05) is 6.54 Å². The van der Waals surface area contributed by atoms with Gasteiger partial charge in [0.05, 0.1) is 13.1 Å². The van der Waals surface area contributed by atoms with Crippen LogP contribution >= 0.6 is 0 Å². The number of hydrogen-bond acceptors (Lipinski definition) is 2. The van der Waals surface area contributed by atoms with E-state index in [0.29, 0.717) is 12.6 Å². The van der Waals surface area contributed by atoms with E-state index < -0.39 is 0 Å². The van der Waals surface area contributed by atoms with E-state index >= 15 is 0 Å². The highest BCUT2D eigenvalue weighted by Gasteiger charge is 1.99. The highest BCUT2D eigenvalue weighted by Crippen LogP contribution is 2.12. The highest BCUT2D eigenvalue weighted by molar-refractivity contribution is 5.78. The predicted molar refractivity (Wildman–Crippen MR) is 53.4 cm³/mol. The molecule has 3 nitrogen and oxygen atoms in total. The molecule has 1 heterocycles. The molecule has 68 valence electrons. The molecule has 0 aliphatic carbocycles. The Kier molecular flexibility index (Phi) is 1.95. The zero-order valence-corrected chi connectivity index (χ0v) is 7.40. The van der Waals surface area contributed by atoms with Crippen molar-refractivity contribution in [1.29, 1.82) is 0 Å². The molecule has 0 atom stereocenters. The Morgan fingerprint density at radius 1 is 1.54 bits per heavy atom. The van der Waals surface area contributed by atoms with Gasteiger partial charge in [0.25, 0.3) is 0 Å². The quantitative estimate of drug-likeness (QED) is 0.768. The van der Waals surface area contributed by atoms with Crippen LogP contribution in [0.1, 0.15) is 7.79 Å². The maximum atomic E-state index is 7.47. The van der Waals surface area contributed by atoms with Crippen molar-refractivity contribution in [1.82, 2.24) is 9.78 Å². The number of nitrogens with two attached hydrogens (primary N) is 1. The third-order valence-electron chi connectivity index (χ3n) is 2.06. The summed E-state index contributed by atoms with van der Waals surface area (Å²) in [7, 11) is 0. The summed E-state index contributed by atoms with van der Waals surface area (Å²) in [5.41, 5.74) is 6.52. The smallest absolute Gasteiger partial charge is 0.0682 e. The molecule has 2 rings (SSSR count). The minimum Gasteiger partial charge on any atom is -0.330 e. The second-order valence-corrected chi connectivity index (χ2v) is 2.99. The van der Waals surface area contributed by atoms with E-state index in [2.05, 4.69) is 5.10 Å². The summed E-state index contributed by atoms with van der Waals surface area (Å²) in [5, 5.41) is 5.27. The van der Waals surface area contributed by atoms with Gasteiger partial charge in [0, 0.05) is 11.9 Å². The molecule has 0 saturated carbocycles. The zero-order valence-electron chi connectivity index (χ0n) is 8.40. The molecule has 2 N–H and O–H groups in total. The van der Waals surface area contributed by atoms with Gasteiger partial charge in [0.2, 0.25) is 0 Å². The van der Waals surface area contributed by atoms with Gasteiger partial charge in [0.15, 0.2) is 0 Å². The van der Waals surface area contributed by atoms with Gasteiger partial charge >= 0.3 is 0 Å². The molecule has 0 bridgehead atoms. The first kappa shape index (κ1) is 7.09. The van der Waals surface area contributed by atoms with E-state index in [1.807, 2.05) is 16.8 Å². The van der Waals surface area contributed by atoms with Crippen LogP contribution in [-0.4, -0.2) is 16.3 Å². The first-order valence-corrected chi connectivity index (χ1v) is 4.43. The Morgan fingerprint density at radius 2 is 2.46 bits per heavy atom. The summed E-state index contributed by atoms with van der Waals surface area (Å²) in [6.07, 6.45) is 2.73. The zero-order chi connectivity index (χ0) is 9.97. The standard InChI is InChI=1S/C10H13N3/c11-6-3-7-13-10-5-2-1-4-9(10)8-12-13/h1-2,4-5,8H,3,6-7,11H2/i1D. The van der Waals surface area contributed by atoms with Gasteiger partial charge in [-0.05, 0) is 19.0 Å². The van der Waals surface area contributed by atoms with Gasteiger partial charge in [-0.15, -0.1) is 0 Å². The first-order chi connectivity index (χ1) is 6.81. The second kappa shape index (κ2) is 3.58. The van der Waals surface area contributed by atoms with E-state index in [9.17, 15) is 0 Å². The molecular formula is C10H13N3.